The van der Waals surface area contributed by atoms with Crippen LogP contribution in [0.5, 0.6) is 0 Å². The van der Waals surface area contributed by atoms with Crippen LogP contribution in [-0.2, 0) is 0 Å². The Hall–Kier alpha value is -1.54. The van der Waals surface area contributed by atoms with Gasteiger partial charge in [-0.25, -0.2) is 0 Å². The minimum atomic E-state index is -0.836. The van der Waals surface area contributed by atoms with E-state index in [1.807, 2.05) is 36.4 Å². The fourth-order valence-corrected chi connectivity index (χ4v) is 3.59. The van der Waals surface area contributed by atoms with Crippen molar-refractivity contribution in [1.82, 2.24) is 0 Å². The van der Waals surface area contributed by atoms with Gasteiger partial charge in [-0.2, -0.15) is 0 Å². The molecule has 1 aromatic rings. The molecule has 0 fully saturated rings. The molecule has 0 aliphatic rings. The van der Waals surface area contributed by atoms with E-state index in [0.717, 1.165) is 17.3 Å². The summed E-state index contributed by atoms with van der Waals surface area (Å²) in [6.07, 6.45) is 4.16. The van der Waals surface area contributed by atoms with Crippen LogP contribution >= 0.6 is 0 Å². The zero-order valence-electron chi connectivity index (χ0n) is 9.60. The topological polar surface area (TPSA) is 47.6 Å². The summed E-state index contributed by atoms with van der Waals surface area (Å²) in [7, 11) is 0. The predicted octanol–water partition coefficient (Wildman–Crippen LogP) is 2.58. The van der Waals surface area contributed by atoms with Gasteiger partial charge in [0, 0.05) is 0 Å². The molecule has 0 atom stereocenters. The van der Waals surface area contributed by atoms with Crippen molar-refractivity contribution in [3.05, 3.63) is 43.0 Å². The van der Waals surface area contributed by atoms with Crippen LogP contribution in [-0.4, -0.2) is 15.0 Å². The van der Waals surface area contributed by atoms with Gasteiger partial charge < -0.3 is 0 Å². The fraction of sp³-hybridized carbons (Fsp3) is 0.286. The Morgan fingerprint density at radius 1 is 1.24 bits per heavy atom. The molecule has 1 rings (SSSR count). The second-order valence-corrected chi connectivity index (χ2v) is 6.53. The summed E-state index contributed by atoms with van der Waals surface area (Å²) >= 11 is -0.126. The zero-order chi connectivity index (χ0) is 12.6. The third-order valence-corrected chi connectivity index (χ3v) is 4.94. The molecule has 0 N–H and O–H groups in total. The molecule has 86 valence electrons. The summed E-state index contributed by atoms with van der Waals surface area (Å²) in [5.41, 5.74) is 0. The van der Waals surface area contributed by atoms with E-state index < -0.39 is 4.31 Å². The quantitative estimate of drug-likeness (QED) is 0.459. The van der Waals surface area contributed by atoms with E-state index in [9.17, 15) is 10.5 Å². The Kier molecular flexibility index (Phi) is 5.50. The molecular weight excluding hydrogens is 275 g/mol. The van der Waals surface area contributed by atoms with Crippen LogP contribution < -0.4 is 4.46 Å². The summed E-state index contributed by atoms with van der Waals surface area (Å²) in [6.45, 7) is 3.66. The number of nitriles is 2. The molecule has 0 aliphatic carbocycles. The molecule has 3 heteroatoms. The van der Waals surface area contributed by atoms with E-state index in [1.54, 1.807) is 0 Å². The molecule has 0 aliphatic heterocycles. The molecule has 0 unspecified atom stereocenters. The van der Waals surface area contributed by atoms with Crippen LogP contribution in [0.15, 0.2) is 43.0 Å². The van der Waals surface area contributed by atoms with Crippen LogP contribution in [0.25, 0.3) is 0 Å². The summed E-state index contributed by atoms with van der Waals surface area (Å²) in [5.74, 6) is 0. The average molecular weight is 289 g/mol. The number of benzene rings is 1. The molecule has 0 saturated carbocycles. The first kappa shape index (κ1) is 13.5. The fourth-order valence-electron chi connectivity index (χ4n) is 1.42. The normalized spacial score (nSPS) is 10.2. The summed E-state index contributed by atoms with van der Waals surface area (Å²) in [4.78, 5) is 0. The molecule has 0 aromatic heterocycles. The first-order chi connectivity index (χ1) is 8.26. The molecule has 0 bridgehead atoms. The minimum absolute atomic E-state index is 0.126. The van der Waals surface area contributed by atoms with Crippen molar-refractivity contribution in [3.8, 4) is 12.1 Å². The van der Waals surface area contributed by atoms with E-state index in [0.29, 0.717) is 6.42 Å². The Balaban J connectivity index is 2.76. The van der Waals surface area contributed by atoms with Crippen molar-refractivity contribution in [2.24, 2.45) is 0 Å². The van der Waals surface area contributed by atoms with Crippen molar-refractivity contribution >= 4 is 19.4 Å². The van der Waals surface area contributed by atoms with Gasteiger partial charge in [-0.3, -0.25) is 0 Å². The number of rotatable bonds is 6. The van der Waals surface area contributed by atoms with Gasteiger partial charge in [0.15, 0.2) is 0 Å². The maximum absolute atomic E-state index is 9.25. The van der Waals surface area contributed by atoms with Crippen LogP contribution in [0, 0.1) is 22.7 Å². The maximum atomic E-state index is 9.25. The molecule has 2 nitrogen and oxygen atoms in total. The second-order valence-electron chi connectivity index (χ2n) is 3.65. The second kappa shape index (κ2) is 6.92. The van der Waals surface area contributed by atoms with Gasteiger partial charge in [-0.1, -0.05) is 0 Å². The zero-order valence-corrected chi connectivity index (χ0v) is 11.3. The van der Waals surface area contributed by atoms with Crippen molar-refractivity contribution < 1.29 is 0 Å². The molecule has 0 heterocycles. The molecule has 0 amide bonds. The van der Waals surface area contributed by atoms with Gasteiger partial charge in [0.1, 0.15) is 0 Å². The average Bonchev–Trinajstić information content (AvgIpc) is 2.39. The van der Waals surface area contributed by atoms with Crippen LogP contribution in [0.2, 0.25) is 4.31 Å². The third kappa shape index (κ3) is 4.08. The molecular formula is C14H14N2Se. The van der Waals surface area contributed by atoms with E-state index in [1.165, 1.54) is 0 Å². The SMILES string of the molecule is C=CCCCC(C#N)(C#N)[Se]c1ccccc1. The Morgan fingerprint density at radius 3 is 2.41 bits per heavy atom. The Morgan fingerprint density at radius 2 is 1.88 bits per heavy atom. The summed E-state index contributed by atoms with van der Waals surface area (Å²) in [5, 5.41) is 18.5. The van der Waals surface area contributed by atoms with E-state index >= 15 is 0 Å². The number of nitrogens with zero attached hydrogens (tertiary/aromatic N) is 2. The van der Waals surface area contributed by atoms with E-state index in [2.05, 4.69) is 18.7 Å². The number of allylic oxidation sites excluding steroid dienone is 1. The van der Waals surface area contributed by atoms with E-state index in [-0.39, 0.29) is 15.0 Å². The number of unbranched alkanes of at least 4 members (excludes halogenated alkanes) is 1. The van der Waals surface area contributed by atoms with Crippen molar-refractivity contribution in [3.63, 3.8) is 0 Å². The number of hydrogen-bond acceptors (Lipinski definition) is 2. The van der Waals surface area contributed by atoms with Gasteiger partial charge in [-0.05, 0) is 0 Å². The molecule has 0 spiro atoms. The first-order valence-electron chi connectivity index (χ1n) is 5.44. The summed E-state index contributed by atoms with van der Waals surface area (Å²) in [6, 6.07) is 14.2. The van der Waals surface area contributed by atoms with Crippen molar-refractivity contribution in [2.75, 3.05) is 0 Å². The predicted molar refractivity (Wildman–Crippen MR) is 69.8 cm³/mol. The molecule has 17 heavy (non-hydrogen) atoms. The standard InChI is InChI=1S/C14H14N2Se/c1-2-3-7-10-14(11-15,12-16)17-13-8-5-4-6-9-13/h2,4-6,8-9H,1,3,7,10H2. The van der Waals surface area contributed by atoms with Crippen LogP contribution in [0.1, 0.15) is 19.3 Å². The van der Waals surface area contributed by atoms with Crippen LogP contribution in [0.3, 0.4) is 0 Å². The summed E-state index contributed by atoms with van der Waals surface area (Å²) < 4.78 is 0.263. The number of hydrogen-bond donors (Lipinski definition) is 0. The van der Waals surface area contributed by atoms with Crippen molar-refractivity contribution in [1.29, 1.82) is 10.5 Å². The van der Waals surface area contributed by atoms with Gasteiger partial charge in [-0.15, -0.1) is 0 Å². The first-order valence-corrected chi connectivity index (χ1v) is 7.15. The van der Waals surface area contributed by atoms with Crippen molar-refractivity contribution in [2.45, 2.75) is 23.6 Å². The molecule has 0 radical (unpaired) electrons. The van der Waals surface area contributed by atoms with Gasteiger partial charge >= 0.3 is 109 Å². The van der Waals surface area contributed by atoms with E-state index in [4.69, 9.17) is 0 Å². The van der Waals surface area contributed by atoms with Gasteiger partial charge in [0.05, 0.1) is 0 Å². The Labute approximate surface area is 109 Å². The third-order valence-electron chi connectivity index (χ3n) is 2.33. The van der Waals surface area contributed by atoms with Crippen LogP contribution in [0.4, 0.5) is 0 Å². The Bertz CT molecular complexity index is 426. The monoisotopic (exact) mass is 290 g/mol. The molecule has 0 saturated heterocycles. The van der Waals surface area contributed by atoms with Gasteiger partial charge in [0.2, 0.25) is 0 Å². The molecule has 1 aromatic carbocycles. The van der Waals surface area contributed by atoms with Gasteiger partial charge in [0.25, 0.3) is 0 Å².